The smallest absolute Gasteiger partial charge is 0.276 e. The predicted octanol–water partition coefficient (Wildman–Crippen LogP) is 12.7. The first-order valence-corrected chi connectivity index (χ1v) is 22.0. The molecular weight excluding hydrogens is 825 g/mol. The number of carbonyl (C=O) groups excluding carboxylic acids is 3. The highest BCUT2D eigenvalue weighted by Gasteiger charge is 2.68. The number of rotatable bonds is 18. The van der Waals surface area contributed by atoms with Crippen LogP contribution in [-0.2, 0) is 27.6 Å². The van der Waals surface area contributed by atoms with Gasteiger partial charge in [-0.2, -0.15) is 0 Å². The molecule has 12 nitrogen and oxygen atoms in total. The van der Waals surface area contributed by atoms with E-state index in [1.54, 1.807) is 18.2 Å². The molecule has 4 atom stereocenters. The van der Waals surface area contributed by atoms with Crippen molar-refractivity contribution < 1.29 is 38.8 Å². The topological polar surface area (TPSA) is 176 Å². The summed E-state index contributed by atoms with van der Waals surface area (Å²) in [6.07, 6.45) is 7.58. The summed E-state index contributed by atoms with van der Waals surface area (Å²) in [6.45, 7) is 21.5. The van der Waals surface area contributed by atoms with Crippen LogP contribution in [-0.4, -0.2) is 32.3 Å². The van der Waals surface area contributed by atoms with Crippen molar-refractivity contribution >= 4 is 34.5 Å². The van der Waals surface area contributed by atoms with Gasteiger partial charge in [0.15, 0.2) is 28.8 Å². The standard InChI is InChI=1S/C53H62N2O10/c1-33(2)19-21-38(36(7)8)28-53-29-41(23-20-34(3)4)51(9,10)32-52(50(53)59,26-25-35(5)6)48(57)46(49(53)58)47(56)37-22-24-44(64-30-39-15-11-13-17-42(39)54(60)61)45(27-37)65-31-40-16-12-14-18-43(40)55(62)63/h11-20,22,24-25,27,38,41,56H,7,21,23,26,28-32H2,1-6,8-10H3. The van der Waals surface area contributed by atoms with Crippen LogP contribution in [0.25, 0.3) is 5.76 Å². The average molecular weight is 887 g/mol. The number of nitrogens with zero attached hydrogens (tertiary/aromatic N) is 2. The molecule has 5 rings (SSSR count). The molecule has 2 fully saturated rings. The number of ketones is 3. The number of Topliss-reactive ketones (excluding diaryl/α,β-unsaturated/α-hetero) is 3. The minimum Gasteiger partial charge on any atom is -0.506 e. The van der Waals surface area contributed by atoms with E-state index in [1.807, 2.05) is 54.5 Å². The Hall–Kier alpha value is -6.43. The molecule has 12 heteroatoms. The lowest BCUT2D eigenvalue weighted by atomic mass is 9.53. The minimum absolute atomic E-state index is 0.00254. The third-order valence-corrected chi connectivity index (χ3v) is 13.0. The lowest BCUT2D eigenvalue weighted by molar-refractivity contribution is -0.386. The Morgan fingerprint density at radius 2 is 1.29 bits per heavy atom. The predicted molar refractivity (Wildman–Crippen MR) is 252 cm³/mol. The summed E-state index contributed by atoms with van der Waals surface area (Å²) < 4.78 is 12.3. The number of aliphatic hydroxyl groups excluding tert-OH is 1. The molecule has 2 saturated carbocycles. The Bertz CT molecular complexity index is 2510. The molecule has 0 saturated heterocycles. The first kappa shape index (κ1) is 49.6. The van der Waals surface area contributed by atoms with Gasteiger partial charge in [0, 0.05) is 17.7 Å². The SMILES string of the molecule is C=C(C)C(CC=C(C)C)CC12CC(CC=C(C)C)C(C)(C)CC(CC=C(C)C)(C(=O)C(=C(O)c3ccc(OCc4ccccc4[N+](=O)[O-])c(OCc4ccccc4[N+](=O)[O-])c3)C1=O)C2=O. The fourth-order valence-electron chi connectivity index (χ4n) is 9.33. The number of nitro benzene ring substituents is 2. The third kappa shape index (κ3) is 10.8. The quantitative estimate of drug-likeness (QED) is 0.0246. The van der Waals surface area contributed by atoms with Crippen molar-refractivity contribution in [2.45, 2.75) is 114 Å². The molecule has 65 heavy (non-hydrogen) atoms. The van der Waals surface area contributed by atoms with Crippen LogP contribution in [0.5, 0.6) is 11.5 Å². The van der Waals surface area contributed by atoms with Crippen LogP contribution >= 0.6 is 0 Å². The van der Waals surface area contributed by atoms with E-state index in [0.29, 0.717) is 12.8 Å². The van der Waals surface area contributed by atoms with Crippen molar-refractivity contribution in [3.05, 3.63) is 156 Å². The summed E-state index contributed by atoms with van der Waals surface area (Å²) >= 11 is 0. The van der Waals surface area contributed by atoms with Gasteiger partial charge in [0.2, 0.25) is 0 Å². The molecule has 0 heterocycles. The van der Waals surface area contributed by atoms with E-state index in [4.69, 9.17) is 9.47 Å². The summed E-state index contributed by atoms with van der Waals surface area (Å²) in [5, 5.41) is 36.3. The minimum atomic E-state index is -1.71. The van der Waals surface area contributed by atoms with Crippen LogP contribution in [0.3, 0.4) is 0 Å². The Morgan fingerprint density at radius 3 is 1.82 bits per heavy atom. The van der Waals surface area contributed by atoms with E-state index in [2.05, 4.69) is 32.6 Å². The second-order valence-corrected chi connectivity index (χ2v) is 19.2. The number of fused-ring (bicyclic) bond motifs is 2. The van der Waals surface area contributed by atoms with Gasteiger partial charge < -0.3 is 14.6 Å². The van der Waals surface area contributed by atoms with Gasteiger partial charge in [-0.3, -0.25) is 34.6 Å². The van der Waals surface area contributed by atoms with E-state index in [0.717, 1.165) is 22.3 Å². The number of ether oxygens (including phenoxy) is 2. The Morgan fingerprint density at radius 1 is 0.769 bits per heavy atom. The van der Waals surface area contributed by atoms with Gasteiger partial charge in [-0.15, -0.1) is 0 Å². The molecule has 0 aliphatic heterocycles. The van der Waals surface area contributed by atoms with Gasteiger partial charge in [0.25, 0.3) is 11.4 Å². The highest BCUT2D eigenvalue weighted by atomic mass is 16.6. The second kappa shape index (κ2) is 20.2. The molecule has 0 spiro atoms. The largest absolute Gasteiger partial charge is 0.506 e. The van der Waals surface area contributed by atoms with Crippen molar-refractivity contribution in [2.75, 3.05) is 0 Å². The maximum absolute atomic E-state index is 15.8. The van der Waals surface area contributed by atoms with Crippen LogP contribution in [0.2, 0.25) is 0 Å². The fourth-order valence-corrected chi connectivity index (χ4v) is 9.33. The second-order valence-electron chi connectivity index (χ2n) is 19.2. The summed E-state index contributed by atoms with van der Waals surface area (Å²) in [5.41, 5.74) is -0.526. The first-order chi connectivity index (χ1) is 30.5. The van der Waals surface area contributed by atoms with E-state index >= 15 is 14.4 Å². The van der Waals surface area contributed by atoms with Gasteiger partial charge in [-0.05, 0) is 135 Å². The molecule has 3 aromatic carbocycles. The molecule has 3 aromatic rings. The van der Waals surface area contributed by atoms with Crippen molar-refractivity contribution in [1.82, 2.24) is 0 Å². The molecule has 1 N–H and O–H groups in total. The van der Waals surface area contributed by atoms with Gasteiger partial charge in [0.05, 0.1) is 31.8 Å². The highest BCUT2D eigenvalue weighted by molar-refractivity contribution is 6.41. The summed E-state index contributed by atoms with van der Waals surface area (Å²) in [4.78, 5) is 69.7. The lowest BCUT2D eigenvalue weighted by Crippen LogP contribution is -2.59. The zero-order valence-corrected chi connectivity index (χ0v) is 39.1. The summed E-state index contributed by atoms with van der Waals surface area (Å²) in [7, 11) is 0. The zero-order chi connectivity index (χ0) is 48.0. The molecule has 2 aliphatic carbocycles. The van der Waals surface area contributed by atoms with Crippen LogP contribution in [0.4, 0.5) is 11.4 Å². The number of hydrogen-bond acceptors (Lipinski definition) is 10. The molecule has 2 bridgehead atoms. The number of allylic oxidation sites excluding steroid dienone is 8. The molecule has 0 aromatic heterocycles. The number of para-hydroxylation sites is 2. The third-order valence-electron chi connectivity index (χ3n) is 13.0. The molecule has 344 valence electrons. The monoisotopic (exact) mass is 886 g/mol. The zero-order valence-electron chi connectivity index (χ0n) is 39.1. The number of aliphatic hydroxyl groups is 1. The molecule has 0 amide bonds. The maximum atomic E-state index is 15.8. The molecule has 2 aliphatic rings. The van der Waals surface area contributed by atoms with Crippen molar-refractivity contribution in [2.24, 2.45) is 28.1 Å². The van der Waals surface area contributed by atoms with Crippen LogP contribution < -0.4 is 9.47 Å². The van der Waals surface area contributed by atoms with Gasteiger partial charge >= 0.3 is 0 Å². The van der Waals surface area contributed by atoms with Crippen LogP contribution in [0.15, 0.2) is 119 Å². The summed E-state index contributed by atoms with van der Waals surface area (Å²) in [5.74, 6) is -3.01. The number of carbonyl (C=O) groups is 3. The van der Waals surface area contributed by atoms with Crippen molar-refractivity contribution in [3.8, 4) is 11.5 Å². The highest BCUT2D eigenvalue weighted by Crippen LogP contribution is 2.61. The molecule has 4 unspecified atom stereocenters. The number of hydrogen-bond donors (Lipinski definition) is 1. The normalized spacial score (nSPS) is 21.3. The lowest BCUT2D eigenvalue weighted by Gasteiger charge is -2.45. The Balaban J connectivity index is 1.77. The number of nitro groups is 2. The van der Waals surface area contributed by atoms with E-state index < -0.39 is 54.8 Å². The Labute approximate surface area is 382 Å². The maximum Gasteiger partial charge on any atom is 0.276 e. The van der Waals surface area contributed by atoms with E-state index in [9.17, 15) is 25.3 Å². The van der Waals surface area contributed by atoms with Crippen molar-refractivity contribution in [3.63, 3.8) is 0 Å². The van der Waals surface area contributed by atoms with Crippen molar-refractivity contribution in [1.29, 1.82) is 0 Å². The van der Waals surface area contributed by atoms with Crippen LogP contribution in [0, 0.1) is 48.3 Å². The Kier molecular flexibility index (Phi) is 15.4. The van der Waals surface area contributed by atoms with Gasteiger partial charge in [0.1, 0.15) is 24.5 Å². The van der Waals surface area contributed by atoms with Gasteiger partial charge in [-0.25, -0.2) is 0 Å². The average Bonchev–Trinajstić information content (AvgIpc) is 3.30. The fraction of sp³-hybridized carbons (Fsp3) is 0.415. The summed E-state index contributed by atoms with van der Waals surface area (Å²) in [6, 6.07) is 16.3. The first-order valence-electron chi connectivity index (χ1n) is 22.0. The van der Waals surface area contributed by atoms with E-state index in [-0.39, 0.29) is 90.3 Å². The number of benzene rings is 3. The van der Waals surface area contributed by atoms with E-state index in [1.165, 1.54) is 48.5 Å². The molecule has 0 radical (unpaired) electrons. The van der Waals surface area contributed by atoms with Crippen LogP contribution in [0.1, 0.15) is 118 Å². The molecular formula is C53H62N2O10. The van der Waals surface area contributed by atoms with Gasteiger partial charge in [-0.1, -0.05) is 85.2 Å².